The molecule has 16 heteroatoms. The van der Waals surface area contributed by atoms with Crippen molar-refractivity contribution >= 4 is 45.2 Å². The molecule has 2 aromatic heterocycles. The summed E-state index contributed by atoms with van der Waals surface area (Å²) in [6, 6.07) is 14.5. The molecule has 244 valence electrons. The minimum Gasteiger partial charge on any atom is -0.497 e. The highest BCUT2D eigenvalue weighted by molar-refractivity contribution is 7.99. The van der Waals surface area contributed by atoms with Crippen LogP contribution in [0, 0.1) is 5.82 Å². The maximum Gasteiger partial charge on any atom is 0.416 e. The van der Waals surface area contributed by atoms with Gasteiger partial charge in [0.1, 0.15) is 28.0 Å². The molecule has 9 nitrogen and oxygen atoms in total. The van der Waals surface area contributed by atoms with Gasteiger partial charge in [0.15, 0.2) is 0 Å². The number of pyridine rings is 1. The van der Waals surface area contributed by atoms with Gasteiger partial charge in [0, 0.05) is 40.2 Å². The van der Waals surface area contributed by atoms with Crippen LogP contribution in [0.1, 0.15) is 16.8 Å². The van der Waals surface area contributed by atoms with Crippen LogP contribution in [0.25, 0.3) is 11.1 Å². The van der Waals surface area contributed by atoms with Crippen LogP contribution in [0.5, 0.6) is 11.5 Å². The van der Waals surface area contributed by atoms with Crippen LogP contribution < -0.4 is 19.9 Å². The number of nitrogens with zero attached hydrogens (tertiary/aromatic N) is 3. The number of nitrogens with two attached hydrogens (primary N) is 1. The van der Waals surface area contributed by atoms with Gasteiger partial charge in [0.05, 0.1) is 30.5 Å². The van der Waals surface area contributed by atoms with Crippen molar-refractivity contribution in [2.45, 2.75) is 27.3 Å². The first-order valence-corrected chi connectivity index (χ1v) is 16.1. The fourth-order valence-electron chi connectivity index (χ4n) is 4.46. The monoisotopic (exact) mass is 705 g/mol. The van der Waals surface area contributed by atoms with E-state index in [4.69, 9.17) is 26.8 Å². The molecule has 0 spiro atoms. The van der Waals surface area contributed by atoms with E-state index in [2.05, 4.69) is 19.7 Å². The molecule has 0 fully saturated rings. The van der Waals surface area contributed by atoms with E-state index in [9.17, 15) is 21.6 Å². The number of benzene rings is 3. The van der Waals surface area contributed by atoms with Crippen molar-refractivity contribution in [1.29, 1.82) is 0 Å². The van der Waals surface area contributed by atoms with Crippen molar-refractivity contribution in [3.05, 3.63) is 107 Å². The average Bonchev–Trinajstić information content (AvgIpc) is 3.02. The lowest BCUT2D eigenvalue weighted by Crippen LogP contribution is -2.17. The van der Waals surface area contributed by atoms with Gasteiger partial charge < -0.3 is 15.2 Å². The van der Waals surface area contributed by atoms with Crippen molar-refractivity contribution in [2.75, 3.05) is 24.7 Å². The summed E-state index contributed by atoms with van der Waals surface area (Å²) in [4.78, 5) is 11.6. The molecule has 5 aromatic rings. The Morgan fingerprint density at radius 1 is 0.936 bits per heavy atom. The highest BCUT2D eigenvalue weighted by Gasteiger charge is 2.31. The van der Waals surface area contributed by atoms with Gasteiger partial charge in [0.25, 0.3) is 10.0 Å². The molecule has 5 rings (SSSR count). The molecule has 0 atom stereocenters. The first-order chi connectivity index (χ1) is 22.3. The van der Waals surface area contributed by atoms with E-state index in [1.807, 2.05) is 0 Å². The third-order valence-electron chi connectivity index (χ3n) is 6.70. The number of alkyl halides is 3. The van der Waals surface area contributed by atoms with Gasteiger partial charge >= 0.3 is 6.18 Å². The second-order valence-electron chi connectivity index (χ2n) is 9.82. The summed E-state index contributed by atoms with van der Waals surface area (Å²) in [6.07, 6.45) is -1.69. The zero-order chi connectivity index (χ0) is 33.9. The molecule has 3 aromatic carbocycles. The molecule has 0 bridgehead atoms. The Balaban J connectivity index is 1.41. The third kappa shape index (κ3) is 7.86. The molecule has 0 saturated heterocycles. The lowest BCUT2D eigenvalue weighted by Gasteiger charge is -2.15. The standard InChI is InChI=1S/C31H24ClF4N5O4S2/c1-44-21-5-3-18(25(14-21)45-2)11-20-8-10-39-30(40-20)41-47(42,43)28-15-23(32)27(16-24(28)33)46-26-6-4-19(31(34,35)36)13-22(26)17-7-9-38-29(37)12-17/h3-10,12-16H,11H2,1-2H3,(H2,37,38)(H,39,40,41). The fourth-order valence-corrected chi connectivity index (χ4v) is 6.82. The summed E-state index contributed by atoms with van der Waals surface area (Å²) in [7, 11) is -1.55. The van der Waals surface area contributed by atoms with E-state index in [1.165, 1.54) is 44.8 Å². The van der Waals surface area contributed by atoms with Crippen LogP contribution in [0.3, 0.4) is 0 Å². The van der Waals surface area contributed by atoms with Crippen molar-refractivity contribution in [3.63, 3.8) is 0 Å². The van der Waals surface area contributed by atoms with Crippen LogP contribution >= 0.6 is 23.4 Å². The third-order valence-corrected chi connectivity index (χ3v) is 9.60. The smallest absolute Gasteiger partial charge is 0.416 e. The van der Waals surface area contributed by atoms with E-state index in [1.54, 1.807) is 24.3 Å². The van der Waals surface area contributed by atoms with Crippen molar-refractivity contribution in [1.82, 2.24) is 15.0 Å². The number of aromatic nitrogens is 3. The predicted octanol–water partition coefficient (Wildman–Crippen LogP) is 7.49. The molecule has 0 aliphatic carbocycles. The van der Waals surface area contributed by atoms with Crippen LogP contribution in [0.4, 0.5) is 29.3 Å². The van der Waals surface area contributed by atoms with Gasteiger partial charge in [-0.15, -0.1) is 0 Å². The van der Waals surface area contributed by atoms with E-state index in [-0.39, 0.29) is 38.6 Å². The van der Waals surface area contributed by atoms with Crippen molar-refractivity contribution < 1.29 is 35.5 Å². The maximum absolute atomic E-state index is 15.4. The van der Waals surface area contributed by atoms with Crippen LogP contribution in [-0.2, 0) is 22.6 Å². The number of sulfonamides is 1. The predicted molar refractivity (Wildman–Crippen MR) is 170 cm³/mol. The highest BCUT2D eigenvalue weighted by Crippen LogP contribution is 2.43. The topological polar surface area (TPSA) is 129 Å². The van der Waals surface area contributed by atoms with E-state index in [0.717, 1.165) is 41.6 Å². The Morgan fingerprint density at radius 2 is 1.70 bits per heavy atom. The Labute approximate surface area is 276 Å². The molecule has 3 N–H and O–H groups in total. The Hall–Kier alpha value is -4.60. The minimum atomic E-state index is -4.63. The number of ether oxygens (including phenoxy) is 2. The van der Waals surface area contributed by atoms with Crippen molar-refractivity contribution in [2.24, 2.45) is 0 Å². The molecule has 0 saturated carbocycles. The number of hydrogen-bond donors (Lipinski definition) is 2. The molecule has 0 aliphatic rings. The number of anilines is 2. The molecule has 0 radical (unpaired) electrons. The molecule has 0 amide bonds. The maximum atomic E-state index is 15.4. The average molecular weight is 706 g/mol. The van der Waals surface area contributed by atoms with E-state index < -0.39 is 32.5 Å². The van der Waals surface area contributed by atoms with Gasteiger partial charge in [-0.2, -0.15) is 13.2 Å². The lowest BCUT2D eigenvalue weighted by atomic mass is 10.0. The lowest BCUT2D eigenvalue weighted by molar-refractivity contribution is -0.137. The second kappa shape index (κ2) is 13.6. The number of methoxy groups -OCH3 is 2. The van der Waals surface area contributed by atoms with Gasteiger partial charge in [0.2, 0.25) is 5.95 Å². The summed E-state index contributed by atoms with van der Waals surface area (Å²) >= 11 is 7.26. The van der Waals surface area contributed by atoms with Gasteiger partial charge in [-0.1, -0.05) is 29.4 Å². The molecule has 0 unspecified atom stereocenters. The summed E-state index contributed by atoms with van der Waals surface area (Å²) < 4.78 is 95.3. The first kappa shape index (κ1) is 33.8. The number of nitrogen functional groups attached to an aromatic ring is 1. The van der Waals surface area contributed by atoms with Gasteiger partial charge in [-0.3, -0.25) is 0 Å². The molecular formula is C31H24ClF4N5O4S2. The normalized spacial score (nSPS) is 11.7. The fraction of sp³-hybridized carbons (Fsp3) is 0.129. The molecule has 2 heterocycles. The minimum absolute atomic E-state index is 0.0536. The van der Waals surface area contributed by atoms with Crippen LogP contribution in [0.2, 0.25) is 5.02 Å². The number of nitrogens with one attached hydrogen (secondary N) is 1. The van der Waals surface area contributed by atoms with E-state index in [0.29, 0.717) is 22.8 Å². The highest BCUT2D eigenvalue weighted by atomic mass is 35.5. The molecule has 0 aliphatic heterocycles. The largest absolute Gasteiger partial charge is 0.497 e. The zero-order valence-electron chi connectivity index (χ0n) is 24.5. The second-order valence-corrected chi connectivity index (χ2v) is 13.0. The Morgan fingerprint density at radius 3 is 2.40 bits per heavy atom. The number of rotatable bonds is 10. The summed E-state index contributed by atoms with van der Waals surface area (Å²) in [6.45, 7) is 0. The molecule has 47 heavy (non-hydrogen) atoms. The van der Waals surface area contributed by atoms with Crippen LogP contribution in [-0.4, -0.2) is 37.6 Å². The summed E-state index contributed by atoms with van der Waals surface area (Å²) in [5, 5.41) is -0.168. The van der Waals surface area contributed by atoms with Crippen molar-refractivity contribution in [3.8, 4) is 22.6 Å². The van der Waals surface area contributed by atoms with E-state index >= 15 is 4.39 Å². The van der Waals surface area contributed by atoms with Gasteiger partial charge in [-0.05, 0) is 65.7 Å². The zero-order valence-corrected chi connectivity index (χ0v) is 26.9. The quantitative estimate of drug-likeness (QED) is 0.142. The number of halogens is 5. The first-order valence-electron chi connectivity index (χ1n) is 13.4. The number of hydrogen-bond acceptors (Lipinski definition) is 9. The SMILES string of the molecule is COc1ccc(Cc2ccnc(NS(=O)(=O)c3cc(Cl)c(Sc4ccc(C(F)(F)F)cc4-c4ccnc(N)c4)cc3F)n2)c(OC)c1. The summed E-state index contributed by atoms with van der Waals surface area (Å²) in [5.41, 5.74) is 6.50. The summed E-state index contributed by atoms with van der Waals surface area (Å²) in [5.74, 6) is -0.268. The van der Waals surface area contributed by atoms with Gasteiger partial charge in [-0.25, -0.2) is 32.5 Å². The Kier molecular flexibility index (Phi) is 9.79. The van der Waals surface area contributed by atoms with Crippen LogP contribution in [0.15, 0.2) is 93.8 Å². The Bertz CT molecular complexity index is 2070. The molecular weight excluding hydrogens is 682 g/mol.